The monoisotopic (exact) mass is 621 g/mol. The van der Waals surface area contributed by atoms with Crippen molar-refractivity contribution >= 4 is 41.3 Å². The number of nitrogens with zero attached hydrogens (tertiary/aromatic N) is 5. The van der Waals surface area contributed by atoms with Crippen LogP contribution in [-0.2, 0) is 33.3 Å². The molecule has 0 radical (unpaired) electrons. The number of carbonyl (C=O) groups is 3. The molecule has 1 aromatic carbocycles. The first-order valence-corrected chi connectivity index (χ1v) is 13.5. The van der Waals surface area contributed by atoms with Gasteiger partial charge in [-0.1, -0.05) is 28.6 Å². The molecule has 3 aromatic rings. The van der Waals surface area contributed by atoms with Crippen LogP contribution in [-0.4, -0.2) is 68.2 Å². The zero-order valence-corrected chi connectivity index (χ0v) is 23.8. The molecule has 42 heavy (non-hydrogen) atoms. The van der Waals surface area contributed by atoms with E-state index in [4.69, 9.17) is 35.8 Å². The number of thioether (sulfide) groups is 1. The number of pyridine rings is 1. The molecule has 1 aliphatic rings. The van der Waals surface area contributed by atoms with E-state index in [1.165, 1.54) is 43.1 Å². The third-order valence-electron chi connectivity index (χ3n) is 5.88. The zero-order chi connectivity index (χ0) is 30.6. The van der Waals surface area contributed by atoms with Crippen LogP contribution in [0.1, 0.15) is 32.5 Å². The summed E-state index contributed by atoms with van der Waals surface area (Å²) >= 11 is 7.18. The third-order valence-corrected chi connectivity index (χ3v) is 7.27. The van der Waals surface area contributed by atoms with Crippen LogP contribution < -0.4 is 0 Å². The Morgan fingerprint density at radius 1 is 1.10 bits per heavy atom. The molecule has 1 aliphatic heterocycles. The van der Waals surface area contributed by atoms with Gasteiger partial charge in [0.2, 0.25) is 0 Å². The predicted octanol–water partition coefficient (Wildman–Crippen LogP) is 3.63. The molecule has 3 unspecified atom stereocenters. The number of nitriles is 1. The summed E-state index contributed by atoms with van der Waals surface area (Å²) in [6, 6.07) is 5.38. The van der Waals surface area contributed by atoms with Crippen LogP contribution in [0.3, 0.4) is 0 Å². The normalized spacial score (nSPS) is 21.7. The number of rotatable bonds is 8. The molecular formula is C26H22ClF2N5O7S. The Morgan fingerprint density at radius 3 is 2.43 bits per heavy atom. The van der Waals surface area contributed by atoms with Crippen molar-refractivity contribution in [3.8, 4) is 17.3 Å². The fraction of sp³-hybridized carbons (Fsp3) is 0.346. The summed E-state index contributed by atoms with van der Waals surface area (Å²) in [4.78, 5) is 40.6. The topological polar surface area (TPSA) is 156 Å². The number of aromatic nitrogens is 4. The Balaban J connectivity index is 1.81. The number of halogens is 3. The highest BCUT2D eigenvalue weighted by Gasteiger charge is 2.52. The number of carbonyl (C=O) groups excluding carboxylic acids is 3. The van der Waals surface area contributed by atoms with Crippen LogP contribution in [0.5, 0.6) is 0 Å². The number of ether oxygens (including phenoxy) is 4. The van der Waals surface area contributed by atoms with Crippen molar-refractivity contribution in [1.82, 2.24) is 20.0 Å². The summed E-state index contributed by atoms with van der Waals surface area (Å²) in [6.07, 6.45) is -0.788. The Bertz CT molecular complexity index is 1550. The number of benzene rings is 1. The standard InChI is InChI=1S/C26H22ClF2N5O7S/c1-12(35)38-11-22-24(39-13(2)36)23(34-10-21(32-33-34)15-4-5-18(28)19(29)6-15)25(40-14(3)37)26(41-22)42-16-7-17(27)20(8-30)31-9-16/h4-7,9-10,22-26H,11H2,1-3H3/t22?,23?,24-,25?,26+/m0/s1. The lowest BCUT2D eigenvalue weighted by Gasteiger charge is -2.44. The van der Waals surface area contributed by atoms with E-state index in [0.717, 1.165) is 30.8 Å². The van der Waals surface area contributed by atoms with Gasteiger partial charge in [0.25, 0.3) is 0 Å². The van der Waals surface area contributed by atoms with E-state index in [1.54, 1.807) is 0 Å². The van der Waals surface area contributed by atoms with Crippen LogP contribution >= 0.6 is 23.4 Å². The fourth-order valence-electron chi connectivity index (χ4n) is 4.19. The predicted molar refractivity (Wildman–Crippen MR) is 141 cm³/mol. The number of hydrogen-bond donors (Lipinski definition) is 0. The van der Waals surface area contributed by atoms with Gasteiger partial charge in [0.05, 0.1) is 11.2 Å². The van der Waals surface area contributed by atoms with Gasteiger partial charge >= 0.3 is 17.9 Å². The number of esters is 3. The summed E-state index contributed by atoms with van der Waals surface area (Å²) in [5.74, 6) is -4.22. The van der Waals surface area contributed by atoms with Gasteiger partial charge in [0, 0.05) is 37.4 Å². The highest BCUT2D eigenvalue weighted by molar-refractivity contribution is 7.99. The van der Waals surface area contributed by atoms with Crippen LogP contribution in [0.4, 0.5) is 8.78 Å². The van der Waals surface area contributed by atoms with Gasteiger partial charge in [-0.2, -0.15) is 5.26 Å². The van der Waals surface area contributed by atoms with Gasteiger partial charge in [-0.15, -0.1) is 5.10 Å². The Labute approximate surface area is 246 Å². The molecule has 0 spiro atoms. The fourth-order valence-corrected chi connectivity index (χ4v) is 5.58. The molecule has 0 bridgehead atoms. The molecule has 2 aromatic heterocycles. The minimum absolute atomic E-state index is 0.00461. The molecule has 0 aliphatic carbocycles. The second-order valence-corrected chi connectivity index (χ2v) is 10.5. The second-order valence-electron chi connectivity index (χ2n) is 8.93. The highest BCUT2D eigenvalue weighted by Crippen LogP contribution is 2.42. The van der Waals surface area contributed by atoms with Gasteiger partial charge in [-0.3, -0.25) is 14.4 Å². The molecule has 16 heteroatoms. The van der Waals surface area contributed by atoms with Crippen molar-refractivity contribution in [3.05, 3.63) is 59.0 Å². The van der Waals surface area contributed by atoms with Gasteiger partial charge in [0.15, 0.2) is 29.5 Å². The van der Waals surface area contributed by atoms with E-state index in [-0.39, 0.29) is 28.6 Å². The summed E-state index contributed by atoms with van der Waals surface area (Å²) < 4.78 is 51.3. The van der Waals surface area contributed by atoms with Crippen LogP contribution in [0.2, 0.25) is 5.02 Å². The van der Waals surface area contributed by atoms with Gasteiger partial charge in [-0.05, 0) is 24.3 Å². The Kier molecular flexibility index (Phi) is 9.71. The van der Waals surface area contributed by atoms with Crippen molar-refractivity contribution in [2.75, 3.05) is 6.61 Å². The summed E-state index contributed by atoms with van der Waals surface area (Å²) in [6.45, 7) is 3.15. The smallest absolute Gasteiger partial charge is 0.303 e. The van der Waals surface area contributed by atoms with Crippen LogP contribution in [0.25, 0.3) is 11.3 Å². The highest BCUT2D eigenvalue weighted by atomic mass is 35.5. The number of hydrogen-bond acceptors (Lipinski definition) is 12. The molecule has 0 saturated carbocycles. The van der Waals surface area contributed by atoms with E-state index in [1.807, 2.05) is 6.07 Å². The average Bonchev–Trinajstić information content (AvgIpc) is 3.40. The van der Waals surface area contributed by atoms with Gasteiger partial charge < -0.3 is 18.9 Å². The van der Waals surface area contributed by atoms with E-state index in [9.17, 15) is 23.2 Å². The largest absolute Gasteiger partial charge is 0.463 e. The van der Waals surface area contributed by atoms with E-state index >= 15 is 0 Å². The summed E-state index contributed by atoms with van der Waals surface area (Å²) in [5.41, 5.74) is -0.726. The van der Waals surface area contributed by atoms with Crippen LogP contribution in [0, 0.1) is 23.0 Å². The molecule has 4 rings (SSSR count). The van der Waals surface area contributed by atoms with E-state index < -0.39 is 59.3 Å². The van der Waals surface area contributed by atoms with Crippen molar-refractivity contribution in [2.45, 2.75) is 55.5 Å². The molecular weight excluding hydrogens is 600 g/mol. The van der Waals surface area contributed by atoms with Gasteiger partial charge in [0.1, 0.15) is 36.0 Å². The third kappa shape index (κ3) is 7.19. The second kappa shape index (κ2) is 13.2. The maximum Gasteiger partial charge on any atom is 0.303 e. The Hall–Kier alpha value is -4.13. The molecule has 0 amide bonds. The lowest BCUT2D eigenvalue weighted by Crippen LogP contribution is -2.57. The van der Waals surface area contributed by atoms with Crippen molar-refractivity contribution in [2.24, 2.45) is 0 Å². The summed E-state index contributed by atoms with van der Waals surface area (Å²) in [7, 11) is 0. The first kappa shape index (κ1) is 30.8. The van der Waals surface area contributed by atoms with Crippen molar-refractivity contribution in [3.63, 3.8) is 0 Å². The molecule has 1 fully saturated rings. The first-order valence-electron chi connectivity index (χ1n) is 12.2. The van der Waals surface area contributed by atoms with Gasteiger partial charge in [-0.25, -0.2) is 18.4 Å². The molecule has 3 heterocycles. The lowest BCUT2D eigenvalue weighted by molar-refractivity contribution is -0.212. The molecule has 12 nitrogen and oxygen atoms in total. The van der Waals surface area contributed by atoms with Crippen molar-refractivity contribution < 1.29 is 42.1 Å². The Morgan fingerprint density at radius 2 is 1.81 bits per heavy atom. The first-order chi connectivity index (χ1) is 20.0. The minimum Gasteiger partial charge on any atom is -0.463 e. The van der Waals surface area contributed by atoms with E-state index in [0.29, 0.717) is 4.90 Å². The molecule has 1 saturated heterocycles. The maximum absolute atomic E-state index is 13.9. The average molecular weight is 622 g/mol. The quantitative estimate of drug-likeness (QED) is 0.266. The summed E-state index contributed by atoms with van der Waals surface area (Å²) in [5, 5.41) is 17.4. The molecule has 0 N–H and O–H groups in total. The van der Waals surface area contributed by atoms with Crippen molar-refractivity contribution in [1.29, 1.82) is 5.26 Å². The molecule has 5 atom stereocenters. The lowest BCUT2D eigenvalue weighted by atomic mass is 9.96. The van der Waals surface area contributed by atoms with E-state index in [2.05, 4.69) is 15.3 Å². The maximum atomic E-state index is 13.9. The molecule has 220 valence electrons. The zero-order valence-electron chi connectivity index (χ0n) is 22.2. The SMILES string of the molecule is CC(=O)OCC1O[C@H](Sc2cnc(C#N)c(Cl)c2)C(OC(C)=O)C(n2cc(-c3ccc(F)c(F)c3)nn2)[C@H]1OC(C)=O. The minimum atomic E-state index is -1.23. The van der Waals surface area contributed by atoms with Crippen LogP contribution in [0.15, 0.2) is 41.6 Å².